The summed E-state index contributed by atoms with van der Waals surface area (Å²) in [6, 6.07) is 52.6. The zero-order valence-electron chi connectivity index (χ0n) is 23.3. The minimum Gasteiger partial charge on any atom is -0.256 e. The Balaban J connectivity index is 1.20. The summed E-state index contributed by atoms with van der Waals surface area (Å²) in [6.45, 7) is 0. The van der Waals surface area contributed by atoms with Gasteiger partial charge in [0.1, 0.15) is 0 Å². The second-order valence-electron chi connectivity index (χ2n) is 11.1. The lowest BCUT2D eigenvalue weighted by atomic mass is 9.86. The Kier molecular flexibility index (Phi) is 5.44. The van der Waals surface area contributed by atoms with Crippen molar-refractivity contribution in [2.24, 2.45) is 0 Å². The minimum absolute atomic E-state index is 0.986. The van der Waals surface area contributed by atoms with Crippen molar-refractivity contribution in [3.63, 3.8) is 0 Å². The van der Waals surface area contributed by atoms with Gasteiger partial charge in [0.05, 0.1) is 5.69 Å². The van der Waals surface area contributed by atoms with Gasteiger partial charge in [0.25, 0.3) is 0 Å². The fourth-order valence-electron chi connectivity index (χ4n) is 6.73. The molecule has 0 saturated heterocycles. The van der Waals surface area contributed by atoms with Crippen LogP contribution in [0.15, 0.2) is 152 Å². The van der Waals surface area contributed by atoms with E-state index in [4.69, 9.17) is 4.98 Å². The Morgan fingerprint density at radius 1 is 0.395 bits per heavy atom. The third-order valence-electron chi connectivity index (χ3n) is 8.70. The van der Waals surface area contributed by atoms with E-state index in [1.54, 1.807) is 0 Å². The van der Waals surface area contributed by atoms with Crippen LogP contribution in [0.3, 0.4) is 0 Å². The standard InChI is InChI=1S/C41H25NS/c1-2-11-27(12-3-1)39-31-14-6-8-16-33(31)40(34-17-9-7-15-32(34)39)29-19-22-37(42-25-29)28-20-23-38-36(24-28)35-21-18-26-10-4-5-13-30(26)41(35)43-38/h1-25H. The molecule has 0 aliphatic carbocycles. The first kappa shape index (κ1) is 24.3. The molecule has 0 N–H and O–H groups in total. The number of hydrogen-bond acceptors (Lipinski definition) is 2. The van der Waals surface area contributed by atoms with Crippen molar-refractivity contribution >= 4 is 63.8 Å². The van der Waals surface area contributed by atoms with Crippen molar-refractivity contribution in [2.75, 3.05) is 0 Å². The topological polar surface area (TPSA) is 12.9 Å². The number of hydrogen-bond donors (Lipinski definition) is 0. The van der Waals surface area contributed by atoms with Crippen molar-refractivity contribution in [1.82, 2.24) is 4.98 Å². The van der Waals surface area contributed by atoms with Crippen molar-refractivity contribution < 1.29 is 0 Å². The first-order valence-corrected chi connectivity index (χ1v) is 15.4. The molecule has 2 heteroatoms. The highest BCUT2D eigenvalue weighted by Gasteiger charge is 2.17. The monoisotopic (exact) mass is 563 g/mol. The highest BCUT2D eigenvalue weighted by molar-refractivity contribution is 7.26. The predicted molar refractivity (Wildman–Crippen MR) is 186 cm³/mol. The second kappa shape index (κ2) is 9.62. The molecule has 0 spiro atoms. The summed E-state index contributed by atoms with van der Waals surface area (Å²) in [5.74, 6) is 0. The second-order valence-corrected chi connectivity index (χ2v) is 12.2. The largest absolute Gasteiger partial charge is 0.256 e. The molecule has 200 valence electrons. The van der Waals surface area contributed by atoms with Crippen molar-refractivity contribution in [2.45, 2.75) is 0 Å². The zero-order valence-corrected chi connectivity index (χ0v) is 24.1. The van der Waals surface area contributed by atoms with E-state index in [9.17, 15) is 0 Å². The average molecular weight is 564 g/mol. The molecule has 2 heterocycles. The Morgan fingerprint density at radius 3 is 1.67 bits per heavy atom. The van der Waals surface area contributed by atoms with Gasteiger partial charge in [-0.1, -0.05) is 127 Å². The van der Waals surface area contributed by atoms with Gasteiger partial charge in [-0.2, -0.15) is 0 Å². The zero-order chi connectivity index (χ0) is 28.3. The van der Waals surface area contributed by atoms with Gasteiger partial charge < -0.3 is 0 Å². The molecule has 0 radical (unpaired) electrons. The van der Waals surface area contributed by atoms with Gasteiger partial charge in [0, 0.05) is 37.5 Å². The summed E-state index contributed by atoms with van der Waals surface area (Å²) in [7, 11) is 0. The van der Waals surface area contributed by atoms with Crippen LogP contribution in [0.5, 0.6) is 0 Å². The summed E-state index contributed by atoms with van der Waals surface area (Å²) in [4.78, 5) is 5.04. The van der Waals surface area contributed by atoms with Crippen LogP contribution in [-0.4, -0.2) is 4.98 Å². The molecule has 1 nitrogen and oxygen atoms in total. The number of nitrogens with zero attached hydrogens (tertiary/aromatic N) is 1. The molecule has 0 atom stereocenters. The highest BCUT2D eigenvalue weighted by atomic mass is 32.1. The van der Waals surface area contributed by atoms with Gasteiger partial charge in [0.2, 0.25) is 0 Å². The molecular weight excluding hydrogens is 539 g/mol. The van der Waals surface area contributed by atoms with Crippen LogP contribution in [0.2, 0.25) is 0 Å². The van der Waals surface area contributed by atoms with Crippen molar-refractivity contribution in [3.8, 4) is 33.5 Å². The number of rotatable bonds is 3. The number of benzene rings is 7. The SMILES string of the molecule is c1ccc(-c2c3ccccc3c(-c3ccc(-c4ccc5sc6c7ccccc7ccc6c5c4)nc3)c3ccccc23)cc1. The molecule has 0 amide bonds. The van der Waals surface area contributed by atoms with Crippen LogP contribution < -0.4 is 0 Å². The Morgan fingerprint density at radius 2 is 1.00 bits per heavy atom. The fourth-order valence-corrected chi connectivity index (χ4v) is 7.95. The lowest BCUT2D eigenvalue weighted by Crippen LogP contribution is -1.91. The van der Waals surface area contributed by atoms with E-state index >= 15 is 0 Å². The molecule has 7 aromatic carbocycles. The Labute approximate surface area is 253 Å². The van der Waals surface area contributed by atoms with Crippen LogP contribution in [0.25, 0.3) is 86.0 Å². The fraction of sp³-hybridized carbons (Fsp3) is 0. The van der Waals surface area contributed by atoms with E-state index in [1.807, 2.05) is 11.3 Å². The van der Waals surface area contributed by atoms with E-state index in [0.29, 0.717) is 0 Å². The molecule has 0 aliphatic heterocycles. The quantitative estimate of drug-likeness (QED) is 0.195. The van der Waals surface area contributed by atoms with Crippen LogP contribution in [0.1, 0.15) is 0 Å². The maximum Gasteiger partial charge on any atom is 0.0702 e. The van der Waals surface area contributed by atoms with E-state index < -0.39 is 0 Å². The van der Waals surface area contributed by atoms with Gasteiger partial charge in [-0.25, -0.2) is 0 Å². The van der Waals surface area contributed by atoms with Crippen molar-refractivity contribution in [3.05, 3.63) is 152 Å². The first-order valence-electron chi connectivity index (χ1n) is 14.6. The van der Waals surface area contributed by atoms with Gasteiger partial charge in [-0.3, -0.25) is 4.98 Å². The molecule has 0 saturated carbocycles. The maximum atomic E-state index is 5.04. The average Bonchev–Trinajstić information content (AvgIpc) is 3.46. The molecule has 0 unspecified atom stereocenters. The van der Waals surface area contributed by atoms with Crippen LogP contribution in [0.4, 0.5) is 0 Å². The third-order valence-corrected chi connectivity index (χ3v) is 9.92. The third kappa shape index (κ3) is 3.81. The molecule has 0 fully saturated rings. The summed E-state index contributed by atoms with van der Waals surface area (Å²) >= 11 is 1.88. The molecule has 0 aliphatic rings. The van der Waals surface area contributed by atoms with Gasteiger partial charge in [0.15, 0.2) is 0 Å². The smallest absolute Gasteiger partial charge is 0.0702 e. The number of pyridine rings is 1. The van der Waals surface area contributed by atoms with E-state index in [2.05, 4.69) is 152 Å². The van der Waals surface area contributed by atoms with Gasteiger partial charge >= 0.3 is 0 Å². The molecule has 2 aromatic heterocycles. The molecule has 43 heavy (non-hydrogen) atoms. The van der Waals surface area contributed by atoms with Crippen LogP contribution in [0, 0.1) is 0 Å². The first-order chi connectivity index (χ1) is 21.3. The van der Waals surface area contributed by atoms with Gasteiger partial charge in [-0.05, 0) is 67.2 Å². The van der Waals surface area contributed by atoms with Gasteiger partial charge in [-0.15, -0.1) is 11.3 Å². The molecule has 9 aromatic rings. The lowest BCUT2D eigenvalue weighted by Gasteiger charge is -2.17. The lowest BCUT2D eigenvalue weighted by molar-refractivity contribution is 1.33. The summed E-state index contributed by atoms with van der Waals surface area (Å²) in [5.41, 5.74) is 7.00. The number of thiophene rings is 1. The van der Waals surface area contributed by atoms with E-state index in [0.717, 1.165) is 16.8 Å². The summed E-state index contributed by atoms with van der Waals surface area (Å²) < 4.78 is 2.66. The summed E-state index contributed by atoms with van der Waals surface area (Å²) in [6.07, 6.45) is 2.05. The molecule has 9 rings (SSSR count). The molecule has 0 bridgehead atoms. The van der Waals surface area contributed by atoms with E-state index in [-0.39, 0.29) is 0 Å². The minimum atomic E-state index is 0.986. The maximum absolute atomic E-state index is 5.04. The summed E-state index contributed by atoms with van der Waals surface area (Å²) in [5, 5.41) is 10.2. The van der Waals surface area contributed by atoms with Crippen LogP contribution >= 0.6 is 11.3 Å². The Bertz CT molecular complexity index is 2430. The Hall–Kier alpha value is -5.31. The predicted octanol–water partition coefficient (Wildman–Crippen LogP) is 11.9. The normalized spacial score (nSPS) is 11.7. The molecular formula is C41H25NS. The number of fused-ring (bicyclic) bond motifs is 7. The van der Waals surface area contributed by atoms with Crippen molar-refractivity contribution in [1.29, 1.82) is 0 Å². The number of aromatic nitrogens is 1. The van der Waals surface area contributed by atoms with E-state index in [1.165, 1.54) is 69.2 Å². The van der Waals surface area contributed by atoms with Crippen LogP contribution in [-0.2, 0) is 0 Å². The highest BCUT2D eigenvalue weighted by Crippen LogP contribution is 2.44.